The highest BCUT2D eigenvalue weighted by atomic mass is 127. The van der Waals surface area contributed by atoms with Crippen molar-refractivity contribution in [2.45, 2.75) is 4.90 Å². The maximum Gasteiger partial charge on any atom is 0.264 e. The van der Waals surface area contributed by atoms with Crippen LogP contribution in [0.15, 0.2) is 102 Å². The molecule has 10 heteroatoms. The number of nitrogens with one attached hydrogen (secondary N) is 1. The van der Waals surface area contributed by atoms with Gasteiger partial charge in [-0.05, 0) is 89.3 Å². The van der Waals surface area contributed by atoms with Gasteiger partial charge in [-0.25, -0.2) is 8.42 Å². The Bertz CT molecular complexity index is 1500. The van der Waals surface area contributed by atoms with E-state index in [2.05, 4.69) is 27.9 Å². The molecule has 0 aromatic heterocycles. The van der Waals surface area contributed by atoms with Crippen molar-refractivity contribution >= 4 is 61.5 Å². The lowest BCUT2D eigenvalue weighted by Crippen LogP contribution is -2.38. The summed E-state index contributed by atoms with van der Waals surface area (Å²) in [6, 6.07) is 26.7. The van der Waals surface area contributed by atoms with E-state index in [0.29, 0.717) is 28.0 Å². The lowest BCUT2D eigenvalue weighted by Gasteiger charge is -2.24. The lowest BCUT2D eigenvalue weighted by atomic mass is 10.2. The van der Waals surface area contributed by atoms with Crippen molar-refractivity contribution in [3.8, 4) is 17.2 Å². The molecule has 0 heterocycles. The lowest BCUT2D eigenvalue weighted by molar-refractivity contribution is -0.114. The Hall–Kier alpha value is -3.28. The summed E-state index contributed by atoms with van der Waals surface area (Å²) >= 11 is 8.32. The summed E-state index contributed by atoms with van der Waals surface area (Å²) in [7, 11) is -2.51. The molecule has 0 saturated heterocycles. The summed E-state index contributed by atoms with van der Waals surface area (Å²) in [6.07, 6.45) is 0. The Labute approximate surface area is 234 Å². The maximum absolute atomic E-state index is 13.5. The van der Waals surface area contributed by atoms with Gasteiger partial charge in [0.05, 0.1) is 23.4 Å². The second-order valence-corrected chi connectivity index (χ2v) is 11.3. The summed E-state index contributed by atoms with van der Waals surface area (Å²) in [5.74, 6) is 0.683. The third-order valence-electron chi connectivity index (χ3n) is 5.24. The van der Waals surface area contributed by atoms with Gasteiger partial charge in [-0.3, -0.25) is 9.10 Å². The number of anilines is 2. The quantitative estimate of drug-likeness (QED) is 0.207. The largest absolute Gasteiger partial charge is 0.493 e. The molecule has 0 aliphatic carbocycles. The van der Waals surface area contributed by atoms with Crippen LogP contribution >= 0.6 is 34.2 Å². The van der Waals surface area contributed by atoms with Gasteiger partial charge in [0, 0.05) is 8.59 Å². The number of sulfonamides is 1. The zero-order valence-corrected chi connectivity index (χ0v) is 23.3. The van der Waals surface area contributed by atoms with Gasteiger partial charge in [-0.2, -0.15) is 0 Å². The monoisotopic (exact) mass is 648 g/mol. The van der Waals surface area contributed by atoms with E-state index in [1.165, 1.54) is 25.3 Å². The number of benzene rings is 4. The molecule has 0 atom stereocenters. The molecule has 1 N–H and O–H groups in total. The van der Waals surface area contributed by atoms with E-state index in [1.807, 2.05) is 6.07 Å². The number of ether oxygens (including phenoxy) is 2. The van der Waals surface area contributed by atoms with Gasteiger partial charge < -0.3 is 14.8 Å². The Balaban J connectivity index is 1.64. The van der Waals surface area contributed by atoms with E-state index in [1.54, 1.807) is 72.8 Å². The topological polar surface area (TPSA) is 84.9 Å². The van der Waals surface area contributed by atoms with Crippen LogP contribution in [0.5, 0.6) is 17.2 Å². The molecule has 0 radical (unpaired) electrons. The van der Waals surface area contributed by atoms with Gasteiger partial charge in [-0.15, -0.1) is 0 Å². The van der Waals surface area contributed by atoms with Crippen molar-refractivity contribution in [3.05, 3.63) is 106 Å². The van der Waals surface area contributed by atoms with Crippen LogP contribution < -0.4 is 19.1 Å². The summed E-state index contributed by atoms with van der Waals surface area (Å²) in [5.41, 5.74) is 0.638. The van der Waals surface area contributed by atoms with Crippen molar-refractivity contribution in [3.63, 3.8) is 0 Å². The van der Waals surface area contributed by atoms with Crippen molar-refractivity contribution < 1.29 is 22.7 Å². The molecule has 0 saturated carbocycles. The predicted octanol–water partition coefficient (Wildman–Crippen LogP) is 6.58. The van der Waals surface area contributed by atoms with Crippen molar-refractivity contribution in [1.82, 2.24) is 0 Å². The number of hydrogen-bond acceptors (Lipinski definition) is 5. The van der Waals surface area contributed by atoms with E-state index >= 15 is 0 Å². The van der Waals surface area contributed by atoms with Crippen LogP contribution in [0.25, 0.3) is 0 Å². The smallest absolute Gasteiger partial charge is 0.264 e. The fraction of sp³-hybridized carbons (Fsp3) is 0.0741. The number of hydrogen-bond donors (Lipinski definition) is 1. The molecule has 0 aliphatic heterocycles. The minimum Gasteiger partial charge on any atom is -0.493 e. The Morgan fingerprint density at radius 1 is 0.892 bits per heavy atom. The van der Waals surface area contributed by atoms with Crippen LogP contribution in [-0.4, -0.2) is 28.0 Å². The standard InChI is InChI=1S/C27H22ClIN2O5S/c1-35-25-9-5-6-10-26(25)36-24-16-11-19(28)17-23(24)30-27(32)18-31(21-14-12-20(29)13-15-21)37(33,34)22-7-3-2-4-8-22/h2-17H,18H2,1H3,(H,30,32). The molecule has 4 aromatic carbocycles. The van der Waals surface area contributed by atoms with Crippen molar-refractivity contribution in [1.29, 1.82) is 0 Å². The minimum absolute atomic E-state index is 0.0734. The average Bonchev–Trinajstić information content (AvgIpc) is 2.90. The van der Waals surface area contributed by atoms with Crippen LogP contribution in [0.1, 0.15) is 0 Å². The number of halogens is 2. The molecule has 190 valence electrons. The third-order valence-corrected chi connectivity index (χ3v) is 7.98. The summed E-state index contributed by atoms with van der Waals surface area (Å²) < 4.78 is 40.4. The van der Waals surface area contributed by atoms with Gasteiger partial charge >= 0.3 is 0 Å². The highest BCUT2D eigenvalue weighted by Crippen LogP contribution is 2.36. The van der Waals surface area contributed by atoms with Crippen molar-refractivity contribution in [2.24, 2.45) is 0 Å². The Morgan fingerprint density at radius 2 is 1.54 bits per heavy atom. The first-order valence-corrected chi connectivity index (χ1v) is 13.9. The molecule has 37 heavy (non-hydrogen) atoms. The minimum atomic E-state index is -4.03. The summed E-state index contributed by atoms with van der Waals surface area (Å²) in [6.45, 7) is -0.474. The number of nitrogens with zero attached hydrogens (tertiary/aromatic N) is 1. The Kier molecular flexibility index (Phi) is 8.57. The fourth-order valence-electron chi connectivity index (χ4n) is 3.47. The van der Waals surface area contributed by atoms with Crippen LogP contribution in [0, 0.1) is 3.57 Å². The van der Waals surface area contributed by atoms with Gasteiger partial charge in [0.2, 0.25) is 5.91 Å². The summed E-state index contributed by atoms with van der Waals surface area (Å²) in [4.78, 5) is 13.3. The number of methoxy groups -OCH3 is 1. The molecule has 1 amide bonds. The van der Waals surface area contributed by atoms with Crippen LogP contribution in [0.2, 0.25) is 5.02 Å². The van der Waals surface area contributed by atoms with Gasteiger partial charge in [-0.1, -0.05) is 41.9 Å². The molecule has 4 rings (SSSR count). The van der Waals surface area contributed by atoms with Gasteiger partial charge in [0.25, 0.3) is 10.0 Å². The number of carbonyl (C=O) groups is 1. The molecular formula is C27H22ClIN2O5S. The zero-order valence-electron chi connectivity index (χ0n) is 19.6. The van der Waals surface area contributed by atoms with Crippen LogP contribution in [-0.2, 0) is 14.8 Å². The number of rotatable bonds is 9. The third kappa shape index (κ3) is 6.54. The molecule has 0 spiro atoms. The van der Waals surface area contributed by atoms with E-state index in [0.717, 1.165) is 7.88 Å². The van der Waals surface area contributed by atoms with Crippen LogP contribution in [0.4, 0.5) is 11.4 Å². The first-order valence-electron chi connectivity index (χ1n) is 11.0. The van der Waals surface area contributed by atoms with Gasteiger partial charge in [0.15, 0.2) is 17.2 Å². The molecule has 7 nitrogen and oxygen atoms in total. The van der Waals surface area contributed by atoms with E-state index < -0.39 is 22.5 Å². The zero-order chi connectivity index (χ0) is 26.4. The predicted molar refractivity (Wildman–Crippen MR) is 153 cm³/mol. The molecule has 4 aromatic rings. The number of amides is 1. The van der Waals surface area contributed by atoms with E-state index in [4.69, 9.17) is 21.1 Å². The number of para-hydroxylation sites is 2. The second-order valence-electron chi connectivity index (χ2n) is 7.74. The molecular weight excluding hydrogens is 627 g/mol. The molecule has 0 fully saturated rings. The second kappa shape index (κ2) is 11.8. The van der Waals surface area contributed by atoms with E-state index in [9.17, 15) is 13.2 Å². The fourth-order valence-corrected chi connectivity index (χ4v) is 5.45. The normalized spacial score (nSPS) is 11.0. The average molecular weight is 649 g/mol. The molecule has 0 bridgehead atoms. The first-order chi connectivity index (χ1) is 17.8. The highest BCUT2D eigenvalue weighted by molar-refractivity contribution is 14.1. The SMILES string of the molecule is COc1ccccc1Oc1ccc(Cl)cc1NC(=O)CN(c1ccc(I)cc1)S(=O)(=O)c1ccccc1. The van der Waals surface area contributed by atoms with Gasteiger partial charge in [0.1, 0.15) is 6.54 Å². The van der Waals surface area contributed by atoms with Crippen molar-refractivity contribution in [2.75, 3.05) is 23.3 Å². The van der Waals surface area contributed by atoms with Crippen LogP contribution in [0.3, 0.4) is 0 Å². The molecule has 0 unspecified atom stereocenters. The maximum atomic E-state index is 13.5. The highest BCUT2D eigenvalue weighted by Gasteiger charge is 2.27. The molecule has 0 aliphatic rings. The summed E-state index contributed by atoms with van der Waals surface area (Å²) in [5, 5.41) is 3.12. The number of carbonyl (C=O) groups excluding carboxylic acids is 1. The Morgan fingerprint density at radius 3 is 2.22 bits per heavy atom. The van der Waals surface area contributed by atoms with E-state index in [-0.39, 0.29) is 10.6 Å². The first kappa shape index (κ1) is 26.8.